The fourth-order valence-corrected chi connectivity index (χ4v) is 2.94. The Labute approximate surface area is 234 Å². The van der Waals surface area contributed by atoms with E-state index in [1.165, 1.54) is 64.2 Å². The van der Waals surface area contributed by atoms with Crippen LogP contribution in [0.15, 0.2) is 12.2 Å². The molecule has 0 aromatic rings. The quantitative estimate of drug-likeness (QED) is 0.127. The molecule has 3 N–H and O–H groups in total. The molecule has 0 bridgehead atoms. The number of quaternary nitrogens is 2. The van der Waals surface area contributed by atoms with Crippen LogP contribution >= 0.6 is 0 Å². The molecule has 9 nitrogen and oxygen atoms in total. The molecule has 0 spiro atoms. The molecular formula is C29H62N2O7. The Balaban J connectivity index is -0.000000260. The predicted molar refractivity (Wildman–Crippen MR) is 152 cm³/mol. The molecule has 0 aliphatic rings. The summed E-state index contributed by atoms with van der Waals surface area (Å²) in [6.07, 6.45) is 18.8. The lowest BCUT2D eigenvalue weighted by Crippen LogP contribution is -2.36. The van der Waals surface area contributed by atoms with Crippen molar-refractivity contribution in [3.8, 4) is 0 Å². The molecule has 0 saturated carbocycles. The molecule has 0 heterocycles. The Morgan fingerprint density at radius 2 is 0.947 bits per heavy atom. The topological polar surface area (TPSA) is 141 Å². The van der Waals surface area contributed by atoms with Crippen molar-refractivity contribution in [3.63, 3.8) is 0 Å². The fourth-order valence-electron chi connectivity index (χ4n) is 2.94. The Hall–Kier alpha value is -1.68. The van der Waals surface area contributed by atoms with Crippen molar-refractivity contribution in [1.82, 2.24) is 0 Å². The van der Waals surface area contributed by atoms with Gasteiger partial charge in [0.25, 0.3) is 0 Å². The summed E-state index contributed by atoms with van der Waals surface area (Å²) < 4.78 is 1.69. The first kappa shape index (κ1) is 43.4. The van der Waals surface area contributed by atoms with E-state index < -0.39 is 12.1 Å². The number of likely N-dealkylation sites (N-methyl/N-ethyl adjacent to an activating group) is 2. The number of allylic oxidation sites excluding steroid dienone is 2. The van der Waals surface area contributed by atoms with Crippen LogP contribution in [-0.2, 0) is 4.79 Å². The summed E-state index contributed by atoms with van der Waals surface area (Å²) in [5, 5.41) is 42.3. The highest BCUT2D eigenvalue weighted by Gasteiger charge is 2.02. The number of hydrogen-bond acceptors (Lipinski definition) is 6. The van der Waals surface area contributed by atoms with Gasteiger partial charge in [0.2, 0.25) is 6.16 Å². The number of carboxylic acids is 1. The minimum absolute atomic E-state index is 0.220. The highest BCUT2D eigenvalue weighted by Crippen LogP contribution is 2.09. The van der Waals surface area contributed by atoms with Gasteiger partial charge in [0.15, 0.2) is 0 Å². The second-order valence-electron chi connectivity index (χ2n) is 11.4. The van der Waals surface area contributed by atoms with E-state index in [2.05, 4.69) is 61.4 Å². The summed E-state index contributed by atoms with van der Waals surface area (Å²) in [5.41, 5.74) is 0. The van der Waals surface area contributed by atoms with Crippen LogP contribution < -0.4 is 10.2 Å². The molecular weight excluding hydrogens is 488 g/mol. The molecule has 9 heteroatoms. The average Bonchev–Trinajstić information content (AvgIpc) is 2.75. The number of aliphatic hydroxyl groups excluding tert-OH is 2. The van der Waals surface area contributed by atoms with Crippen LogP contribution in [0.5, 0.6) is 0 Å². The second-order valence-corrected chi connectivity index (χ2v) is 11.4. The van der Waals surface area contributed by atoms with Gasteiger partial charge < -0.3 is 44.1 Å². The number of carbonyl (C=O) groups excluding carboxylic acids is 1. The van der Waals surface area contributed by atoms with Gasteiger partial charge in [-0.2, -0.15) is 0 Å². The Morgan fingerprint density at radius 3 is 1.21 bits per heavy atom. The van der Waals surface area contributed by atoms with Crippen molar-refractivity contribution in [3.05, 3.63) is 12.2 Å². The van der Waals surface area contributed by atoms with Crippen LogP contribution in [0.1, 0.15) is 96.8 Å². The van der Waals surface area contributed by atoms with E-state index in [1.54, 1.807) is 0 Å². The molecule has 0 rings (SSSR count). The molecule has 0 aliphatic heterocycles. The number of unbranched alkanes of at least 4 members (excludes halogenated alkanes) is 11. The van der Waals surface area contributed by atoms with Gasteiger partial charge in [-0.1, -0.05) is 70.4 Å². The molecule has 0 aromatic heterocycles. The summed E-state index contributed by atoms with van der Waals surface area (Å²) in [6, 6.07) is 0. The van der Waals surface area contributed by atoms with E-state index in [4.69, 9.17) is 25.2 Å². The van der Waals surface area contributed by atoms with Gasteiger partial charge >= 0.3 is 0 Å². The number of nitrogens with zero attached hydrogens (tertiary/aromatic N) is 2. The number of carbonyl (C=O) groups is 2. The maximum atomic E-state index is 10.2. The Kier molecular flexibility index (Phi) is 36.0. The number of aliphatic hydroxyl groups is 2. The molecule has 0 fully saturated rings. The number of rotatable bonds is 19. The molecule has 0 amide bonds. The predicted octanol–water partition coefficient (Wildman–Crippen LogP) is 3.03. The second kappa shape index (κ2) is 31.5. The van der Waals surface area contributed by atoms with Crippen LogP contribution in [0.3, 0.4) is 0 Å². The summed E-state index contributed by atoms with van der Waals surface area (Å²) >= 11 is 0. The van der Waals surface area contributed by atoms with Gasteiger partial charge in [-0.25, -0.2) is 0 Å². The van der Waals surface area contributed by atoms with E-state index in [-0.39, 0.29) is 19.6 Å². The zero-order valence-electron chi connectivity index (χ0n) is 25.8. The van der Waals surface area contributed by atoms with Gasteiger partial charge in [-0.05, 0) is 38.5 Å². The van der Waals surface area contributed by atoms with Crippen LogP contribution in [0, 0.1) is 0 Å². The van der Waals surface area contributed by atoms with Crippen LogP contribution in [0.25, 0.3) is 0 Å². The summed E-state index contributed by atoms with van der Waals surface area (Å²) in [7, 11) is 12.3. The van der Waals surface area contributed by atoms with Crippen molar-refractivity contribution in [2.24, 2.45) is 0 Å². The third-order valence-corrected chi connectivity index (χ3v) is 5.18. The molecule has 0 saturated heterocycles. The van der Waals surface area contributed by atoms with E-state index in [9.17, 15) is 9.90 Å². The smallest absolute Gasteiger partial charge is 0.249 e. The summed E-state index contributed by atoms with van der Waals surface area (Å²) in [6.45, 7) is 4.49. The molecule has 0 radical (unpaired) electrons. The van der Waals surface area contributed by atoms with E-state index >= 15 is 0 Å². The first-order chi connectivity index (χ1) is 17.6. The molecule has 38 heavy (non-hydrogen) atoms. The van der Waals surface area contributed by atoms with E-state index in [0.29, 0.717) is 0 Å². The highest BCUT2D eigenvalue weighted by atomic mass is 16.6. The lowest BCUT2D eigenvalue weighted by atomic mass is 10.1. The van der Waals surface area contributed by atoms with Crippen LogP contribution in [0.2, 0.25) is 0 Å². The van der Waals surface area contributed by atoms with Gasteiger partial charge in [0.1, 0.15) is 13.1 Å². The van der Waals surface area contributed by atoms with Crippen molar-refractivity contribution in [2.45, 2.75) is 96.8 Å². The van der Waals surface area contributed by atoms with E-state index in [1.807, 2.05) is 0 Å². The van der Waals surface area contributed by atoms with Crippen molar-refractivity contribution < 1.29 is 44.1 Å². The first-order valence-corrected chi connectivity index (χ1v) is 14.2. The molecule has 0 aromatic carbocycles. The largest absolute Gasteiger partial charge is 0.565 e. The number of hydrogen-bond donors (Lipinski definition) is 3. The molecule has 0 atom stereocenters. The minimum atomic E-state index is -2.08. The van der Waals surface area contributed by atoms with Gasteiger partial charge in [-0.15, -0.1) is 0 Å². The number of aliphatic carboxylic acids is 1. The molecule has 0 unspecified atom stereocenters. The highest BCUT2D eigenvalue weighted by molar-refractivity contribution is 5.64. The minimum Gasteiger partial charge on any atom is -0.565 e. The van der Waals surface area contributed by atoms with E-state index in [0.717, 1.165) is 41.3 Å². The van der Waals surface area contributed by atoms with Crippen LogP contribution in [0.4, 0.5) is 4.79 Å². The zero-order chi connectivity index (χ0) is 30.3. The molecule has 0 aliphatic carbocycles. The monoisotopic (exact) mass is 550 g/mol. The fraction of sp³-hybridized carbons (Fsp3) is 0.862. The average molecular weight is 551 g/mol. The standard InChI is InChI=1S/C18H34O2.2C5H14NO.CH2O3/c1-2-3-4-5-6-7-8-9-10-11-12-13-14-15-16-17-18(19)20;2*1-6(2,3)4-5-7;2-1(3)4/h9-10H,2-8,11-17H2,1H3,(H,19,20);2*7H,4-5H2,1-3H3;(H2,2,3,4)/q;2*+1;/p-2/b10-9-;;;. The van der Waals surface area contributed by atoms with Gasteiger partial charge in [0.05, 0.1) is 55.5 Å². The normalized spacial score (nSPS) is 11.0. The summed E-state index contributed by atoms with van der Waals surface area (Å²) in [5.74, 6) is -0.914. The third-order valence-electron chi connectivity index (χ3n) is 5.18. The lowest BCUT2D eigenvalue weighted by Gasteiger charge is -2.21. The lowest BCUT2D eigenvalue weighted by molar-refractivity contribution is -0.870. The number of carboxylic acid groups (broad SMARTS) is 3. The Morgan fingerprint density at radius 1 is 0.632 bits per heavy atom. The summed E-state index contributed by atoms with van der Waals surface area (Å²) in [4.78, 5) is 18.7. The first-order valence-electron chi connectivity index (χ1n) is 14.2. The SMILES string of the molecule is CCCCCCCC/C=C\CCCCCCCC(=O)[O-].C[N+](C)(C)CCO.C[N+](C)(C)CCO.O=C([O-])O. The van der Waals surface area contributed by atoms with Gasteiger partial charge in [0, 0.05) is 5.97 Å². The Bertz CT molecular complexity index is 508. The third kappa shape index (κ3) is 70.1. The van der Waals surface area contributed by atoms with Gasteiger partial charge in [-0.3, -0.25) is 0 Å². The zero-order valence-corrected chi connectivity index (χ0v) is 25.8. The van der Waals surface area contributed by atoms with Crippen molar-refractivity contribution in [1.29, 1.82) is 0 Å². The maximum Gasteiger partial charge on any atom is 0.249 e. The van der Waals surface area contributed by atoms with Crippen molar-refractivity contribution >= 4 is 12.1 Å². The maximum absolute atomic E-state index is 10.2. The van der Waals surface area contributed by atoms with Crippen molar-refractivity contribution in [2.75, 3.05) is 68.6 Å². The van der Waals surface area contributed by atoms with Crippen LogP contribution in [-0.4, -0.2) is 105 Å². The molecule has 230 valence electrons.